The molecule has 1 aromatic carbocycles. The number of amides is 1. The molecule has 1 N–H and O–H groups in total. The lowest BCUT2D eigenvalue weighted by Gasteiger charge is -2.25. The van der Waals surface area contributed by atoms with Gasteiger partial charge in [0.15, 0.2) is 11.5 Å². The van der Waals surface area contributed by atoms with Crippen molar-refractivity contribution in [3.63, 3.8) is 0 Å². The molecule has 1 atom stereocenters. The van der Waals surface area contributed by atoms with Crippen LogP contribution in [0.5, 0.6) is 11.5 Å². The molecule has 0 spiro atoms. The molecule has 3 aromatic rings. The SMILES string of the molecule is COc1ccc(CC(=O)N2CCC[C@H]2c2[nH]ncc2-c2ccncc2C)cc1OC. The van der Waals surface area contributed by atoms with Crippen LogP contribution in [0.15, 0.2) is 42.9 Å². The van der Waals surface area contributed by atoms with E-state index < -0.39 is 0 Å². The number of aromatic nitrogens is 3. The summed E-state index contributed by atoms with van der Waals surface area (Å²) >= 11 is 0. The van der Waals surface area contributed by atoms with Crippen LogP contribution in [0.25, 0.3) is 11.1 Å². The Labute approximate surface area is 176 Å². The van der Waals surface area contributed by atoms with Gasteiger partial charge in [-0.2, -0.15) is 5.10 Å². The number of nitrogens with zero attached hydrogens (tertiary/aromatic N) is 3. The number of ether oxygens (including phenoxy) is 2. The van der Waals surface area contributed by atoms with Crippen LogP contribution in [0.3, 0.4) is 0 Å². The van der Waals surface area contributed by atoms with Gasteiger partial charge in [0, 0.05) is 24.5 Å². The van der Waals surface area contributed by atoms with Gasteiger partial charge in [-0.25, -0.2) is 0 Å². The van der Waals surface area contributed by atoms with Crippen LogP contribution < -0.4 is 9.47 Å². The third-order valence-corrected chi connectivity index (χ3v) is 5.69. The van der Waals surface area contributed by atoms with Crippen LogP contribution in [0.2, 0.25) is 0 Å². The lowest BCUT2D eigenvalue weighted by molar-refractivity contribution is -0.131. The van der Waals surface area contributed by atoms with Gasteiger partial charge in [0.05, 0.1) is 38.6 Å². The van der Waals surface area contributed by atoms with Crippen LogP contribution in [0.1, 0.15) is 35.7 Å². The fourth-order valence-corrected chi connectivity index (χ4v) is 4.17. The number of hydrogen-bond donors (Lipinski definition) is 1. The van der Waals surface area contributed by atoms with E-state index in [0.29, 0.717) is 17.9 Å². The van der Waals surface area contributed by atoms with Crippen molar-refractivity contribution in [3.05, 3.63) is 59.7 Å². The summed E-state index contributed by atoms with van der Waals surface area (Å²) in [6.07, 6.45) is 7.67. The Morgan fingerprint density at radius 2 is 2.00 bits per heavy atom. The lowest BCUT2D eigenvalue weighted by atomic mass is 9.98. The topological polar surface area (TPSA) is 80.3 Å². The Morgan fingerprint density at radius 1 is 1.17 bits per heavy atom. The Balaban J connectivity index is 1.57. The maximum atomic E-state index is 13.2. The summed E-state index contributed by atoms with van der Waals surface area (Å²) in [5, 5.41) is 7.44. The zero-order valence-electron chi connectivity index (χ0n) is 17.5. The van der Waals surface area contributed by atoms with Gasteiger partial charge < -0.3 is 14.4 Å². The fourth-order valence-electron chi connectivity index (χ4n) is 4.17. The van der Waals surface area contributed by atoms with E-state index in [-0.39, 0.29) is 11.9 Å². The van der Waals surface area contributed by atoms with Gasteiger partial charge in [-0.1, -0.05) is 6.07 Å². The molecule has 1 saturated heterocycles. The molecule has 0 radical (unpaired) electrons. The molecule has 3 heterocycles. The van der Waals surface area contributed by atoms with Gasteiger partial charge >= 0.3 is 0 Å². The Morgan fingerprint density at radius 3 is 2.77 bits per heavy atom. The maximum Gasteiger partial charge on any atom is 0.227 e. The molecule has 30 heavy (non-hydrogen) atoms. The van der Waals surface area contributed by atoms with E-state index in [1.165, 1.54) is 0 Å². The van der Waals surface area contributed by atoms with E-state index in [1.54, 1.807) is 20.4 Å². The van der Waals surface area contributed by atoms with E-state index in [4.69, 9.17) is 9.47 Å². The molecule has 156 valence electrons. The second-order valence-corrected chi connectivity index (χ2v) is 7.50. The highest BCUT2D eigenvalue weighted by Gasteiger charge is 2.33. The first-order chi connectivity index (χ1) is 14.6. The van der Waals surface area contributed by atoms with Crippen molar-refractivity contribution >= 4 is 5.91 Å². The van der Waals surface area contributed by atoms with Crippen LogP contribution in [-0.2, 0) is 11.2 Å². The molecular formula is C23H26N4O3. The molecule has 1 fully saturated rings. The molecule has 7 nitrogen and oxygen atoms in total. The average molecular weight is 406 g/mol. The van der Waals surface area contributed by atoms with E-state index in [2.05, 4.69) is 15.2 Å². The predicted molar refractivity (Wildman–Crippen MR) is 113 cm³/mol. The number of aryl methyl sites for hydroxylation is 1. The third-order valence-electron chi connectivity index (χ3n) is 5.69. The number of methoxy groups -OCH3 is 2. The molecule has 0 saturated carbocycles. The minimum absolute atomic E-state index is 0.0114. The minimum Gasteiger partial charge on any atom is -0.493 e. The van der Waals surface area contributed by atoms with Crippen molar-refractivity contribution in [1.29, 1.82) is 0 Å². The summed E-state index contributed by atoms with van der Waals surface area (Å²) in [5.41, 5.74) is 5.10. The summed E-state index contributed by atoms with van der Waals surface area (Å²) in [6, 6.07) is 7.59. The first kappa shape index (κ1) is 19.9. The predicted octanol–water partition coefficient (Wildman–Crippen LogP) is 3.70. The van der Waals surface area contributed by atoms with Gasteiger partial charge in [0.2, 0.25) is 5.91 Å². The van der Waals surface area contributed by atoms with Crippen LogP contribution in [-0.4, -0.2) is 46.8 Å². The maximum absolute atomic E-state index is 13.2. The second kappa shape index (κ2) is 8.57. The number of pyridine rings is 1. The first-order valence-corrected chi connectivity index (χ1v) is 10.1. The minimum atomic E-state index is -0.0114. The number of aromatic amines is 1. The number of rotatable bonds is 6. The third kappa shape index (κ3) is 3.75. The molecule has 1 aliphatic heterocycles. The normalized spacial score (nSPS) is 16.0. The van der Waals surface area contributed by atoms with E-state index >= 15 is 0 Å². The summed E-state index contributed by atoms with van der Waals surface area (Å²) in [6.45, 7) is 2.78. The second-order valence-electron chi connectivity index (χ2n) is 7.50. The highest BCUT2D eigenvalue weighted by molar-refractivity contribution is 5.80. The number of carbonyl (C=O) groups is 1. The Kier molecular flexibility index (Phi) is 5.70. The molecule has 1 aliphatic rings. The van der Waals surface area contributed by atoms with Crippen molar-refractivity contribution in [2.24, 2.45) is 0 Å². The molecule has 0 aliphatic carbocycles. The number of H-pyrrole nitrogens is 1. The van der Waals surface area contributed by atoms with Gasteiger partial charge in [-0.15, -0.1) is 0 Å². The van der Waals surface area contributed by atoms with Gasteiger partial charge in [-0.3, -0.25) is 14.9 Å². The van der Waals surface area contributed by atoms with E-state index in [1.807, 2.05) is 48.5 Å². The van der Waals surface area contributed by atoms with E-state index in [0.717, 1.165) is 47.3 Å². The molecule has 4 rings (SSSR count). The monoisotopic (exact) mass is 406 g/mol. The zero-order chi connectivity index (χ0) is 21.1. The number of carbonyl (C=O) groups excluding carboxylic acids is 1. The standard InChI is InChI=1S/C23H26N4O3/c1-15-13-24-9-8-17(15)18-14-25-26-23(18)19-5-4-10-27(19)22(28)12-16-6-7-20(29-2)21(11-16)30-3/h6-9,11,13-14,19H,4-5,10,12H2,1-3H3,(H,25,26)/t19-/m0/s1. The van der Waals surface area contributed by atoms with Crippen molar-refractivity contribution in [3.8, 4) is 22.6 Å². The summed E-state index contributed by atoms with van der Waals surface area (Å²) in [7, 11) is 3.20. The lowest BCUT2D eigenvalue weighted by Crippen LogP contribution is -2.32. The number of benzene rings is 1. The van der Waals surface area contributed by atoms with Crippen LogP contribution in [0.4, 0.5) is 0 Å². The Bertz CT molecular complexity index is 1050. The quantitative estimate of drug-likeness (QED) is 0.675. The van der Waals surface area contributed by atoms with Crippen LogP contribution >= 0.6 is 0 Å². The fraction of sp³-hybridized carbons (Fsp3) is 0.348. The molecule has 2 aromatic heterocycles. The van der Waals surface area contributed by atoms with Gasteiger partial charge in [0.25, 0.3) is 0 Å². The summed E-state index contributed by atoms with van der Waals surface area (Å²) in [4.78, 5) is 19.3. The molecule has 7 heteroatoms. The zero-order valence-corrected chi connectivity index (χ0v) is 17.5. The largest absolute Gasteiger partial charge is 0.493 e. The van der Waals surface area contributed by atoms with E-state index in [9.17, 15) is 4.79 Å². The van der Waals surface area contributed by atoms with Crippen LogP contribution in [0, 0.1) is 6.92 Å². The molecular weight excluding hydrogens is 380 g/mol. The van der Waals surface area contributed by atoms with Crippen molar-refractivity contribution in [2.45, 2.75) is 32.2 Å². The molecule has 0 unspecified atom stereocenters. The van der Waals surface area contributed by atoms with Crippen molar-refractivity contribution in [2.75, 3.05) is 20.8 Å². The van der Waals surface area contributed by atoms with Gasteiger partial charge in [0.1, 0.15) is 0 Å². The Hall–Kier alpha value is -3.35. The summed E-state index contributed by atoms with van der Waals surface area (Å²) < 4.78 is 10.7. The molecule has 1 amide bonds. The number of hydrogen-bond acceptors (Lipinski definition) is 5. The highest BCUT2D eigenvalue weighted by Crippen LogP contribution is 2.37. The molecule has 0 bridgehead atoms. The van der Waals surface area contributed by atoms with Crippen molar-refractivity contribution < 1.29 is 14.3 Å². The van der Waals surface area contributed by atoms with Gasteiger partial charge in [-0.05, 0) is 54.7 Å². The first-order valence-electron chi connectivity index (χ1n) is 10.1. The smallest absolute Gasteiger partial charge is 0.227 e. The number of likely N-dealkylation sites (tertiary alicyclic amines) is 1. The summed E-state index contributed by atoms with van der Waals surface area (Å²) in [5.74, 6) is 1.38. The average Bonchev–Trinajstić information content (AvgIpc) is 3.43. The highest BCUT2D eigenvalue weighted by atomic mass is 16.5. The number of nitrogens with one attached hydrogen (secondary N) is 1. The van der Waals surface area contributed by atoms with Crippen molar-refractivity contribution in [1.82, 2.24) is 20.1 Å².